The second kappa shape index (κ2) is 11.6. The number of fused-ring (bicyclic) bond motifs is 1. The molecule has 214 valence electrons. The lowest BCUT2D eigenvalue weighted by molar-refractivity contribution is -0.123. The molecule has 0 saturated heterocycles. The largest absolute Gasteiger partial charge is 0.547 e. The second-order valence-corrected chi connectivity index (χ2v) is 10.5. The van der Waals surface area contributed by atoms with Gasteiger partial charge in [0, 0.05) is 6.20 Å². The molecule has 0 bridgehead atoms. The van der Waals surface area contributed by atoms with Gasteiger partial charge in [-0.1, -0.05) is 24.3 Å². The van der Waals surface area contributed by atoms with Crippen molar-refractivity contribution in [3.05, 3.63) is 93.4 Å². The molecule has 0 saturated carbocycles. The summed E-state index contributed by atoms with van der Waals surface area (Å²) in [4.78, 5) is 69.0. The Bertz CT molecular complexity index is 1610. The molecule has 2 aromatic carbocycles. The first kappa shape index (κ1) is 29.6. The zero-order valence-corrected chi connectivity index (χ0v) is 21.6. The smallest absolute Gasteiger partial charge is 0.534 e. The number of nitrogens with zero attached hydrogens (tertiary/aromatic N) is 1. The van der Waals surface area contributed by atoms with E-state index in [1.54, 1.807) is 0 Å². The summed E-state index contributed by atoms with van der Waals surface area (Å²) in [7, 11) is -6.38. The van der Waals surface area contributed by atoms with E-state index < -0.39 is 67.5 Å². The number of aromatic nitrogens is 1. The van der Waals surface area contributed by atoms with Crippen LogP contribution in [0.1, 0.15) is 44.4 Å². The number of hydrogen-bond donors (Lipinski definition) is 6. The molecule has 1 unspecified atom stereocenters. The molecule has 0 fully saturated rings. The summed E-state index contributed by atoms with van der Waals surface area (Å²) < 4.78 is 43.3. The van der Waals surface area contributed by atoms with Gasteiger partial charge in [0.05, 0.1) is 16.8 Å². The normalized spacial score (nSPS) is 15.5. The summed E-state index contributed by atoms with van der Waals surface area (Å²) in [5, 5.41) is 24.2. The third-order valence-electron chi connectivity index (χ3n) is 6.21. The van der Waals surface area contributed by atoms with Crippen molar-refractivity contribution in [3.63, 3.8) is 0 Å². The number of carboxylic acid groups (broad SMARTS) is 1. The molecule has 1 aromatic heterocycles. The molecule has 2 heterocycles. The highest BCUT2D eigenvalue weighted by Crippen LogP contribution is 2.33. The molecule has 2 amide bonds. The van der Waals surface area contributed by atoms with E-state index in [-0.39, 0.29) is 27.9 Å². The maximum atomic E-state index is 13.4. The minimum Gasteiger partial charge on any atom is -0.534 e. The summed E-state index contributed by atoms with van der Waals surface area (Å²) in [6, 6.07) is 8.87. The molecule has 0 spiro atoms. The number of carbonyl (C=O) groups is 3. The Kier molecular flexibility index (Phi) is 8.40. The molecule has 1 aliphatic heterocycles. The van der Waals surface area contributed by atoms with Gasteiger partial charge in [0.25, 0.3) is 11.5 Å². The first-order valence-corrected chi connectivity index (χ1v) is 13.4. The van der Waals surface area contributed by atoms with Crippen LogP contribution in [0.25, 0.3) is 0 Å². The number of hydrogen-bond acceptors (Lipinski definition) is 7. The van der Waals surface area contributed by atoms with Crippen LogP contribution in [0.15, 0.2) is 65.6 Å². The number of rotatable bonds is 8. The minimum absolute atomic E-state index is 0.0113. The third-order valence-corrected chi connectivity index (χ3v) is 7.18. The molecule has 2 atom stereocenters. The number of carboxylic acids is 1. The molecular weight excluding hydrogens is 570 g/mol. The van der Waals surface area contributed by atoms with Crippen LogP contribution in [0.5, 0.6) is 5.75 Å². The number of nitrogens with one attached hydrogen (secondary N) is 2. The molecule has 0 aliphatic carbocycles. The van der Waals surface area contributed by atoms with Crippen LogP contribution in [-0.4, -0.2) is 55.3 Å². The molecule has 0 radical (unpaired) electrons. The topological polar surface area (TPSA) is 204 Å². The van der Waals surface area contributed by atoms with E-state index in [9.17, 15) is 52.4 Å². The molecule has 4 rings (SSSR count). The number of amides is 2. The quantitative estimate of drug-likeness (QED) is 0.157. The highest BCUT2D eigenvalue weighted by molar-refractivity contribution is 7.60. The van der Waals surface area contributed by atoms with Crippen LogP contribution in [0.3, 0.4) is 0 Å². The minimum atomic E-state index is -4.66. The number of benzene rings is 2. The fourth-order valence-electron chi connectivity index (χ4n) is 4.19. The first-order valence-electron chi connectivity index (χ1n) is 11.7. The second-order valence-electron chi connectivity index (χ2n) is 8.88. The van der Waals surface area contributed by atoms with Crippen molar-refractivity contribution in [2.24, 2.45) is 0 Å². The van der Waals surface area contributed by atoms with Crippen LogP contribution in [-0.2, 0) is 15.8 Å². The lowest BCUT2D eigenvalue weighted by Crippen LogP contribution is -2.55. The number of para-hydroxylation sites is 1. The molecule has 3 aromatic rings. The van der Waals surface area contributed by atoms with Crippen LogP contribution >= 0.6 is 7.60 Å². The summed E-state index contributed by atoms with van der Waals surface area (Å²) in [6.07, 6.45) is 0.686. The fraction of sp³-hybridized carbons (Fsp3) is 0.167. The fourth-order valence-corrected chi connectivity index (χ4v) is 4.73. The first-order chi connectivity index (χ1) is 19.3. The predicted octanol–water partition coefficient (Wildman–Crippen LogP) is 0.355. The van der Waals surface area contributed by atoms with Crippen LogP contribution in [0, 0.1) is 0 Å². The molecule has 1 aliphatic rings. The Morgan fingerprint density at radius 1 is 1.05 bits per heavy atom. The average molecular weight is 591 g/mol. The lowest BCUT2D eigenvalue weighted by atomic mass is 9.72. The Labute approximate surface area is 229 Å². The monoisotopic (exact) mass is 591 g/mol. The predicted molar refractivity (Wildman–Crippen MR) is 138 cm³/mol. The van der Waals surface area contributed by atoms with E-state index in [1.165, 1.54) is 18.2 Å². The van der Waals surface area contributed by atoms with Crippen LogP contribution in [0.4, 0.5) is 8.78 Å². The Hall–Kier alpha value is -4.37. The van der Waals surface area contributed by atoms with Crippen molar-refractivity contribution in [1.29, 1.82) is 0 Å². The van der Waals surface area contributed by atoms with Gasteiger partial charge in [0.2, 0.25) is 5.91 Å². The van der Waals surface area contributed by atoms with Crippen LogP contribution < -0.4 is 26.2 Å². The Morgan fingerprint density at radius 3 is 2.32 bits per heavy atom. The number of alkyl halides is 2. The summed E-state index contributed by atoms with van der Waals surface area (Å²) in [6.45, 7) is -3.24. The maximum Gasteiger partial charge on any atom is 0.547 e. The third kappa shape index (κ3) is 6.36. The molecule has 41 heavy (non-hydrogen) atoms. The van der Waals surface area contributed by atoms with Gasteiger partial charge < -0.3 is 35.2 Å². The van der Waals surface area contributed by atoms with Crippen molar-refractivity contribution >= 4 is 37.8 Å². The van der Waals surface area contributed by atoms with Gasteiger partial charge in [-0.15, -0.1) is 0 Å². The van der Waals surface area contributed by atoms with E-state index in [4.69, 9.17) is 4.65 Å². The average Bonchev–Trinajstić information content (AvgIpc) is 2.91. The van der Waals surface area contributed by atoms with Crippen molar-refractivity contribution < 1.29 is 52.3 Å². The summed E-state index contributed by atoms with van der Waals surface area (Å²) in [5.41, 5.74) is -1.92. The van der Waals surface area contributed by atoms with Crippen molar-refractivity contribution in [3.8, 4) is 5.75 Å². The van der Waals surface area contributed by atoms with E-state index in [0.717, 1.165) is 42.6 Å². The SMILES string of the molecule is O=C(O)c1cccc2c1OB(O)[C@@H](NC(=O)C(NC(=O)c1cccn(C(F)F)c1=O)c1ccc(P(=O)(O)O)cc1)C2. The zero-order valence-electron chi connectivity index (χ0n) is 20.7. The zero-order chi connectivity index (χ0) is 30.1. The van der Waals surface area contributed by atoms with E-state index in [1.807, 2.05) is 0 Å². The summed E-state index contributed by atoms with van der Waals surface area (Å²) >= 11 is 0. The van der Waals surface area contributed by atoms with Gasteiger partial charge in [-0.3, -0.25) is 23.5 Å². The molecule has 17 heteroatoms. The number of pyridine rings is 1. The number of halogens is 2. The summed E-state index contributed by atoms with van der Waals surface area (Å²) in [5.74, 6) is -4.72. The van der Waals surface area contributed by atoms with Crippen molar-refractivity contribution in [2.75, 3.05) is 0 Å². The van der Waals surface area contributed by atoms with Gasteiger partial charge in [0.1, 0.15) is 17.4 Å². The van der Waals surface area contributed by atoms with Gasteiger partial charge in [-0.05, 0) is 47.9 Å². The van der Waals surface area contributed by atoms with E-state index in [0.29, 0.717) is 5.56 Å². The maximum absolute atomic E-state index is 13.4. The van der Waals surface area contributed by atoms with Crippen molar-refractivity contribution in [1.82, 2.24) is 15.2 Å². The highest BCUT2D eigenvalue weighted by Gasteiger charge is 2.39. The standard InChI is InChI=1S/C24H21BF2N3O10P/c26-24(27)30-10-2-5-16(22(30)33)20(31)29-18(12-6-8-14(9-7-12)41(37,38)39)21(32)28-17-11-13-3-1-4-15(23(34)35)19(13)40-25(17)36/h1-10,17-18,24,36H,11H2,(H,28,32)(H,29,31)(H,34,35)(H2,37,38,39)/t17-,18?/m0/s1. The van der Waals surface area contributed by atoms with Crippen LogP contribution in [0.2, 0.25) is 0 Å². The highest BCUT2D eigenvalue weighted by atomic mass is 31.2. The number of carbonyl (C=O) groups excluding carboxylic acids is 2. The molecular formula is C24H21BF2N3O10P. The van der Waals surface area contributed by atoms with Gasteiger partial charge in [-0.25, -0.2) is 4.79 Å². The van der Waals surface area contributed by atoms with Gasteiger partial charge in [-0.2, -0.15) is 8.78 Å². The Balaban J connectivity index is 1.65. The molecule has 6 N–H and O–H groups in total. The van der Waals surface area contributed by atoms with Gasteiger partial charge in [0.15, 0.2) is 0 Å². The van der Waals surface area contributed by atoms with E-state index >= 15 is 0 Å². The van der Waals surface area contributed by atoms with Gasteiger partial charge >= 0.3 is 27.2 Å². The molecule has 13 nitrogen and oxygen atoms in total. The van der Waals surface area contributed by atoms with E-state index in [2.05, 4.69) is 10.6 Å². The lowest BCUT2D eigenvalue weighted by Gasteiger charge is -2.30. The van der Waals surface area contributed by atoms with Crippen molar-refractivity contribution in [2.45, 2.75) is 25.0 Å². The Morgan fingerprint density at radius 2 is 1.71 bits per heavy atom. The number of aromatic carboxylic acids is 1.